The van der Waals surface area contributed by atoms with Crippen molar-refractivity contribution < 1.29 is 23.1 Å². The van der Waals surface area contributed by atoms with Gasteiger partial charge < -0.3 is 15.2 Å². The summed E-state index contributed by atoms with van der Waals surface area (Å²) >= 11 is 1.66. The number of rotatable bonds is 7. The highest BCUT2D eigenvalue weighted by molar-refractivity contribution is 8.08. The van der Waals surface area contributed by atoms with E-state index in [1.165, 1.54) is 0 Å². The lowest BCUT2D eigenvalue weighted by atomic mass is 10.2. The quantitative estimate of drug-likeness (QED) is 0.718. The van der Waals surface area contributed by atoms with Gasteiger partial charge in [0, 0.05) is 17.5 Å². The van der Waals surface area contributed by atoms with Crippen molar-refractivity contribution in [3.63, 3.8) is 0 Å². The molecule has 0 bridgehead atoms. The molecule has 0 radical (unpaired) electrons. The van der Waals surface area contributed by atoms with E-state index < -0.39 is 15.9 Å². The van der Waals surface area contributed by atoms with Crippen LogP contribution in [0.15, 0.2) is 53.4 Å². The largest absolute Gasteiger partial charge is 0.465 e. The molecular formula is C17H17NO5S2. The summed E-state index contributed by atoms with van der Waals surface area (Å²) in [5.74, 6) is 2.22. The zero-order valence-electron chi connectivity index (χ0n) is 13.2. The fourth-order valence-electron chi connectivity index (χ4n) is 2.21. The van der Waals surface area contributed by atoms with Crippen molar-refractivity contribution in [1.29, 1.82) is 0 Å². The minimum absolute atomic E-state index is 0.184. The summed E-state index contributed by atoms with van der Waals surface area (Å²) in [4.78, 5) is 10.8. The highest BCUT2D eigenvalue weighted by Gasteiger charge is 2.29. The van der Waals surface area contributed by atoms with Crippen molar-refractivity contribution in [2.75, 3.05) is 11.5 Å². The summed E-state index contributed by atoms with van der Waals surface area (Å²) in [6.45, 7) is 0.224. The number of sulfone groups is 1. The van der Waals surface area contributed by atoms with E-state index in [4.69, 9.17) is 9.84 Å². The van der Waals surface area contributed by atoms with E-state index in [0.717, 1.165) is 11.3 Å². The average molecular weight is 379 g/mol. The van der Waals surface area contributed by atoms with Crippen LogP contribution in [0, 0.1) is 0 Å². The first kappa shape index (κ1) is 17.6. The molecule has 1 amide bonds. The van der Waals surface area contributed by atoms with E-state index >= 15 is 0 Å². The predicted molar refractivity (Wildman–Crippen MR) is 96.1 cm³/mol. The molecule has 2 N–H and O–H groups in total. The number of carbonyl (C=O) groups is 1. The molecule has 8 heteroatoms. The number of carboxylic acid groups (broad SMARTS) is 1. The van der Waals surface area contributed by atoms with Gasteiger partial charge in [0.1, 0.15) is 11.5 Å². The van der Waals surface area contributed by atoms with Crippen LogP contribution >= 0.6 is 11.8 Å². The number of hydrogen-bond acceptors (Lipinski definition) is 5. The van der Waals surface area contributed by atoms with Gasteiger partial charge in [-0.1, -0.05) is 12.1 Å². The second-order valence-electron chi connectivity index (χ2n) is 5.61. The summed E-state index contributed by atoms with van der Waals surface area (Å²) in [7, 11) is -3.24. The predicted octanol–water partition coefficient (Wildman–Crippen LogP) is 3.14. The van der Waals surface area contributed by atoms with Gasteiger partial charge in [-0.2, -0.15) is 11.8 Å². The smallest absolute Gasteiger partial charge is 0.404 e. The molecule has 1 unspecified atom stereocenters. The number of thioether (sulfide) groups is 1. The fourth-order valence-corrected chi connectivity index (χ4v) is 4.89. The van der Waals surface area contributed by atoms with Crippen molar-refractivity contribution in [2.45, 2.75) is 16.7 Å². The first-order valence-electron chi connectivity index (χ1n) is 7.60. The van der Waals surface area contributed by atoms with Crippen LogP contribution in [0.3, 0.4) is 0 Å². The highest BCUT2D eigenvalue weighted by atomic mass is 32.2. The molecule has 25 heavy (non-hydrogen) atoms. The Labute approximate surface area is 150 Å². The average Bonchev–Trinajstić information content (AvgIpc) is 3.38. The summed E-state index contributed by atoms with van der Waals surface area (Å²) in [6.07, 6.45) is -1.07. The fraction of sp³-hybridized carbons (Fsp3) is 0.235. The minimum atomic E-state index is -3.24. The van der Waals surface area contributed by atoms with Gasteiger partial charge in [0.05, 0.1) is 10.6 Å². The minimum Gasteiger partial charge on any atom is -0.465 e. The van der Waals surface area contributed by atoms with E-state index in [1.807, 2.05) is 0 Å². The van der Waals surface area contributed by atoms with Gasteiger partial charge in [-0.3, -0.25) is 0 Å². The standard InChI is InChI=1S/C17H17NO5S2/c19-17(20)18-9-12-1-3-13(4-2-12)23-14-5-7-16(8-6-14)25(21,22)11-15-10-24-15/h1-8,15,18H,9-11H2,(H,19,20). The normalized spacial score (nSPS) is 16.2. The van der Waals surface area contributed by atoms with Crippen LogP contribution in [0.25, 0.3) is 0 Å². The van der Waals surface area contributed by atoms with Crippen LogP contribution in [-0.4, -0.2) is 36.4 Å². The molecular weight excluding hydrogens is 362 g/mol. The molecule has 1 heterocycles. The maximum absolute atomic E-state index is 12.2. The SMILES string of the molecule is O=C(O)NCc1ccc(Oc2ccc(S(=O)(=O)CC3CS3)cc2)cc1. The third-order valence-corrected chi connectivity index (χ3v) is 6.61. The summed E-state index contributed by atoms with van der Waals surface area (Å²) < 4.78 is 30.1. The third-order valence-electron chi connectivity index (χ3n) is 3.59. The highest BCUT2D eigenvalue weighted by Crippen LogP contribution is 2.33. The lowest BCUT2D eigenvalue weighted by molar-refractivity contribution is 0.194. The zero-order valence-corrected chi connectivity index (χ0v) is 14.8. The van der Waals surface area contributed by atoms with Crippen LogP contribution in [0.4, 0.5) is 4.79 Å². The molecule has 1 saturated heterocycles. The molecule has 3 rings (SSSR count). The second kappa shape index (κ2) is 7.37. The Morgan fingerprint density at radius 3 is 2.20 bits per heavy atom. The molecule has 132 valence electrons. The van der Waals surface area contributed by atoms with Gasteiger partial charge in [0.15, 0.2) is 9.84 Å². The number of hydrogen-bond donors (Lipinski definition) is 2. The molecule has 2 aromatic carbocycles. The Hall–Kier alpha value is -2.19. The van der Waals surface area contributed by atoms with E-state index in [9.17, 15) is 13.2 Å². The molecule has 6 nitrogen and oxygen atoms in total. The molecule has 1 aliphatic rings. The monoisotopic (exact) mass is 379 g/mol. The number of amides is 1. The number of benzene rings is 2. The van der Waals surface area contributed by atoms with Gasteiger partial charge in [-0.25, -0.2) is 13.2 Å². The Balaban J connectivity index is 1.62. The second-order valence-corrected chi connectivity index (χ2v) is 8.98. The van der Waals surface area contributed by atoms with Crippen LogP contribution in [-0.2, 0) is 16.4 Å². The Bertz CT molecular complexity index is 844. The van der Waals surface area contributed by atoms with Gasteiger partial charge >= 0.3 is 6.09 Å². The van der Waals surface area contributed by atoms with Crippen molar-refractivity contribution in [3.8, 4) is 11.5 Å². The van der Waals surface area contributed by atoms with Crippen molar-refractivity contribution in [2.24, 2.45) is 0 Å². The number of ether oxygens (including phenoxy) is 1. The molecule has 1 atom stereocenters. The lowest BCUT2D eigenvalue weighted by Crippen LogP contribution is -2.19. The van der Waals surface area contributed by atoms with E-state index in [-0.39, 0.29) is 17.5 Å². The molecule has 0 aliphatic carbocycles. The molecule has 0 saturated carbocycles. The Morgan fingerprint density at radius 1 is 1.12 bits per heavy atom. The molecule has 0 spiro atoms. The van der Waals surface area contributed by atoms with Crippen molar-refractivity contribution >= 4 is 27.7 Å². The third kappa shape index (κ3) is 5.14. The lowest BCUT2D eigenvalue weighted by Gasteiger charge is -2.08. The topological polar surface area (TPSA) is 92.7 Å². The van der Waals surface area contributed by atoms with Crippen LogP contribution < -0.4 is 10.1 Å². The van der Waals surface area contributed by atoms with Gasteiger partial charge in [0.25, 0.3) is 0 Å². The van der Waals surface area contributed by atoms with E-state index in [2.05, 4.69) is 5.32 Å². The zero-order chi connectivity index (χ0) is 17.9. The van der Waals surface area contributed by atoms with E-state index in [1.54, 1.807) is 60.3 Å². The summed E-state index contributed by atoms with van der Waals surface area (Å²) in [6, 6.07) is 13.4. The maximum atomic E-state index is 12.2. The van der Waals surface area contributed by atoms with E-state index in [0.29, 0.717) is 16.4 Å². The Kier molecular flexibility index (Phi) is 5.19. The van der Waals surface area contributed by atoms with Crippen LogP contribution in [0.1, 0.15) is 5.56 Å². The maximum Gasteiger partial charge on any atom is 0.404 e. The molecule has 1 aliphatic heterocycles. The molecule has 0 aromatic heterocycles. The summed E-state index contributed by atoms with van der Waals surface area (Å²) in [5.41, 5.74) is 0.814. The van der Waals surface area contributed by atoms with Gasteiger partial charge in [0.2, 0.25) is 0 Å². The van der Waals surface area contributed by atoms with Crippen LogP contribution in [0.5, 0.6) is 11.5 Å². The summed E-state index contributed by atoms with van der Waals surface area (Å²) in [5, 5.41) is 11.1. The van der Waals surface area contributed by atoms with Crippen molar-refractivity contribution in [3.05, 3.63) is 54.1 Å². The van der Waals surface area contributed by atoms with Gasteiger partial charge in [-0.05, 0) is 42.0 Å². The first-order chi connectivity index (χ1) is 11.9. The van der Waals surface area contributed by atoms with Crippen LogP contribution in [0.2, 0.25) is 0 Å². The first-order valence-corrected chi connectivity index (χ1v) is 10.3. The van der Waals surface area contributed by atoms with Gasteiger partial charge in [-0.15, -0.1) is 0 Å². The Morgan fingerprint density at radius 2 is 1.68 bits per heavy atom. The number of nitrogens with one attached hydrogen (secondary N) is 1. The molecule has 1 fully saturated rings. The van der Waals surface area contributed by atoms with Crippen molar-refractivity contribution in [1.82, 2.24) is 5.32 Å². The molecule has 2 aromatic rings.